The number of hydrogen-bond donors (Lipinski definition) is 1. The molecule has 0 aliphatic heterocycles. The highest BCUT2D eigenvalue weighted by Crippen LogP contribution is 2.37. The average Bonchev–Trinajstić information content (AvgIpc) is 2.57. The number of nitrogens with one attached hydrogen (secondary N) is 1. The molecule has 0 aromatic carbocycles. The number of hydrogen-bond acceptors (Lipinski definition) is 3. The zero-order valence-corrected chi connectivity index (χ0v) is 12.1. The standard InChI is InChI=1S/C12H17ClN2O2S/c1-12(2)6-5-9(7-12)15-18(16,17)10-3-4-11(13)14-8-10/h3-4,8-9,15H,5-7H2,1-2H3. The smallest absolute Gasteiger partial charge is 0.242 e. The van der Waals surface area contributed by atoms with Crippen molar-refractivity contribution in [2.75, 3.05) is 0 Å². The van der Waals surface area contributed by atoms with Crippen molar-refractivity contribution in [1.82, 2.24) is 9.71 Å². The summed E-state index contributed by atoms with van der Waals surface area (Å²) in [6, 6.07) is 2.97. The van der Waals surface area contributed by atoms with Crippen LogP contribution in [0, 0.1) is 5.41 Å². The molecule has 6 heteroatoms. The van der Waals surface area contributed by atoms with Crippen molar-refractivity contribution >= 4 is 21.6 Å². The van der Waals surface area contributed by atoms with E-state index in [1.54, 1.807) is 0 Å². The first-order chi connectivity index (χ1) is 8.28. The van der Waals surface area contributed by atoms with E-state index in [1.165, 1.54) is 18.3 Å². The van der Waals surface area contributed by atoms with Gasteiger partial charge in [-0.1, -0.05) is 25.4 Å². The van der Waals surface area contributed by atoms with Crippen molar-refractivity contribution in [1.29, 1.82) is 0 Å². The second-order valence-electron chi connectivity index (χ2n) is 5.54. The lowest BCUT2D eigenvalue weighted by molar-refractivity contribution is 0.372. The molecule has 2 rings (SSSR count). The lowest BCUT2D eigenvalue weighted by Crippen LogP contribution is -2.33. The van der Waals surface area contributed by atoms with Crippen molar-refractivity contribution in [3.63, 3.8) is 0 Å². The molecule has 0 saturated heterocycles. The van der Waals surface area contributed by atoms with Gasteiger partial charge in [0, 0.05) is 12.2 Å². The maximum Gasteiger partial charge on any atom is 0.242 e. The second-order valence-corrected chi connectivity index (χ2v) is 7.64. The molecular formula is C12H17ClN2O2S. The molecule has 1 N–H and O–H groups in total. The summed E-state index contributed by atoms with van der Waals surface area (Å²) in [5.41, 5.74) is 0.214. The Bertz CT molecular complexity index is 526. The van der Waals surface area contributed by atoms with Crippen molar-refractivity contribution in [2.24, 2.45) is 5.41 Å². The van der Waals surface area contributed by atoms with Crippen molar-refractivity contribution < 1.29 is 8.42 Å². The van der Waals surface area contributed by atoms with Crippen LogP contribution in [0.2, 0.25) is 5.15 Å². The van der Waals surface area contributed by atoms with Crippen LogP contribution >= 0.6 is 11.6 Å². The Kier molecular flexibility index (Phi) is 3.67. The fraction of sp³-hybridized carbons (Fsp3) is 0.583. The highest BCUT2D eigenvalue weighted by atomic mass is 35.5. The van der Waals surface area contributed by atoms with E-state index >= 15 is 0 Å². The Labute approximate surface area is 113 Å². The molecule has 0 radical (unpaired) electrons. The summed E-state index contributed by atoms with van der Waals surface area (Å²) in [5, 5.41) is 0.288. The highest BCUT2D eigenvalue weighted by molar-refractivity contribution is 7.89. The minimum absolute atomic E-state index is 0.0145. The molecule has 0 spiro atoms. The summed E-state index contributed by atoms with van der Waals surface area (Å²) >= 11 is 5.64. The molecule has 4 nitrogen and oxygen atoms in total. The molecular weight excluding hydrogens is 272 g/mol. The third-order valence-electron chi connectivity index (χ3n) is 3.30. The van der Waals surface area contributed by atoms with Crippen LogP contribution in [0.25, 0.3) is 0 Å². The fourth-order valence-electron chi connectivity index (χ4n) is 2.35. The summed E-state index contributed by atoms with van der Waals surface area (Å²) in [5.74, 6) is 0. The molecule has 1 heterocycles. The van der Waals surface area contributed by atoms with Crippen LogP contribution in [0.15, 0.2) is 23.2 Å². The molecule has 0 bridgehead atoms. The Morgan fingerprint density at radius 3 is 2.67 bits per heavy atom. The lowest BCUT2D eigenvalue weighted by Gasteiger charge is -2.17. The fourth-order valence-corrected chi connectivity index (χ4v) is 3.67. The monoisotopic (exact) mass is 288 g/mol. The van der Waals surface area contributed by atoms with Gasteiger partial charge in [-0.05, 0) is 36.8 Å². The summed E-state index contributed by atoms with van der Waals surface area (Å²) < 4.78 is 27.0. The minimum Gasteiger partial charge on any atom is -0.243 e. The molecule has 1 atom stereocenters. The molecule has 1 fully saturated rings. The molecule has 1 unspecified atom stereocenters. The first-order valence-corrected chi connectivity index (χ1v) is 7.79. The predicted molar refractivity (Wildman–Crippen MR) is 71.0 cm³/mol. The number of sulfonamides is 1. The zero-order valence-electron chi connectivity index (χ0n) is 10.5. The average molecular weight is 289 g/mol. The number of pyridine rings is 1. The van der Waals surface area contributed by atoms with E-state index in [4.69, 9.17) is 11.6 Å². The van der Waals surface area contributed by atoms with Gasteiger partial charge in [-0.2, -0.15) is 0 Å². The van der Waals surface area contributed by atoms with Crippen molar-refractivity contribution in [3.8, 4) is 0 Å². The third kappa shape index (κ3) is 3.22. The van der Waals surface area contributed by atoms with Gasteiger partial charge in [0.25, 0.3) is 0 Å². The maximum absolute atomic E-state index is 12.1. The molecule has 1 aliphatic rings. The molecule has 18 heavy (non-hydrogen) atoms. The molecule has 0 amide bonds. The first kappa shape index (κ1) is 13.8. The summed E-state index contributed by atoms with van der Waals surface area (Å²) in [6.45, 7) is 4.32. The summed E-state index contributed by atoms with van der Waals surface area (Å²) in [4.78, 5) is 3.96. The van der Waals surface area contributed by atoms with Gasteiger partial charge in [0.2, 0.25) is 10.0 Å². The number of aromatic nitrogens is 1. The predicted octanol–water partition coefficient (Wildman–Crippen LogP) is 2.59. The molecule has 1 aromatic rings. The summed E-state index contributed by atoms with van der Waals surface area (Å²) in [6.07, 6.45) is 4.07. The van der Waals surface area contributed by atoms with Crippen molar-refractivity contribution in [2.45, 2.75) is 44.0 Å². The minimum atomic E-state index is -3.48. The van der Waals surface area contributed by atoms with Crippen molar-refractivity contribution in [3.05, 3.63) is 23.5 Å². The van der Waals surface area contributed by atoms with Gasteiger partial charge in [0.05, 0.1) is 0 Å². The molecule has 1 aliphatic carbocycles. The van der Waals surface area contributed by atoms with Gasteiger partial charge >= 0.3 is 0 Å². The van der Waals surface area contributed by atoms with Gasteiger partial charge in [0.15, 0.2) is 0 Å². The number of nitrogens with zero attached hydrogens (tertiary/aromatic N) is 1. The van der Waals surface area contributed by atoms with Crippen LogP contribution in [-0.2, 0) is 10.0 Å². The first-order valence-electron chi connectivity index (χ1n) is 5.92. The molecule has 1 saturated carbocycles. The van der Waals surface area contributed by atoms with Gasteiger partial charge in [-0.15, -0.1) is 0 Å². The largest absolute Gasteiger partial charge is 0.243 e. The van der Waals surface area contributed by atoms with E-state index in [1.807, 2.05) is 0 Å². The van der Waals surface area contributed by atoms with Gasteiger partial charge in [-0.25, -0.2) is 18.1 Å². The van der Waals surface area contributed by atoms with E-state index in [9.17, 15) is 8.42 Å². The highest BCUT2D eigenvalue weighted by Gasteiger charge is 2.33. The van der Waals surface area contributed by atoms with Crippen LogP contribution in [0.1, 0.15) is 33.1 Å². The normalized spacial score (nSPS) is 23.2. The maximum atomic E-state index is 12.1. The Morgan fingerprint density at radius 2 is 2.17 bits per heavy atom. The number of rotatable bonds is 3. The Hall–Kier alpha value is -0.650. The van der Waals surface area contributed by atoms with Crippen LogP contribution in [0.5, 0.6) is 0 Å². The second kappa shape index (κ2) is 4.79. The van der Waals surface area contributed by atoms with Gasteiger partial charge in [0.1, 0.15) is 10.0 Å². The lowest BCUT2D eigenvalue weighted by atomic mass is 9.92. The van der Waals surface area contributed by atoms with Crippen LogP contribution in [0.3, 0.4) is 0 Å². The Balaban J connectivity index is 2.11. The van der Waals surface area contributed by atoms with Gasteiger partial charge in [-0.3, -0.25) is 0 Å². The van der Waals surface area contributed by atoms with E-state index in [2.05, 4.69) is 23.6 Å². The quantitative estimate of drug-likeness (QED) is 0.870. The Morgan fingerprint density at radius 1 is 1.44 bits per heavy atom. The van der Waals surface area contributed by atoms with E-state index in [0.717, 1.165) is 19.3 Å². The third-order valence-corrected chi connectivity index (χ3v) is 5.03. The van der Waals surface area contributed by atoms with E-state index < -0.39 is 10.0 Å². The van der Waals surface area contributed by atoms with E-state index in [-0.39, 0.29) is 21.5 Å². The summed E-state index contributed by atoms with van der Waals surface area (Å²) in [7, 11) is -3.48. The van der Waals surface area contributed by atoms with Crippen LogP contribution in [0.4, 0.5) is 0 Å². The SMILES string of the molecule is CC1(C)CCC(NS(=O)(=O)c2ccc(Cl)nc2)C1. The zero-order chi connectivity index (χ0) is 13.4. The van der Waals surface area contributed by atoms with Crippen LogP contribution in [-0.4, -0.2) is 19.4 Å². The number of halogens is 1. The van der Waals surface area contributed by atoms with E-state index in [0.29, 0.717) is 0 Å². The molecule has 100 valence electrons. The van der Waals surface area contributed by atoms with Crippen LogP contribution < -0.4 is 4.72 Å². The molecule has 1 aromatic heterocycles. The topological polar surface area (TPSA) is 59.1 Å². The van der Waals surface area contributed by atoms with Gasteiger partial charge < -0.3 is 0 Å².